The van der Waals surface area contributed by atoms with Crippen molar-refractivity contribution in [2.24, 2.45) is 0 Å². The largest absolute Gasteiger partial charge is 0.350 e. The smallest absolute Gasteiger partial charge is 0.251 e. The summed E-state index contributed by atoms with van der Waals surface area (Å²) in [6.45, 7) is 6.22. The Labute approximate surface area is 111 Å². The Bertz CT molecular complexity index is 457. The van der Waals surface area contributed by atoms with Gasteiger partial charge < -0.3 is 10.2 Å². The lowest BCUT2D eigenvalue weighted by atomic mass is 10.2. The van der Waals surface area contributed by atoms with E-state index < -0.39 is 0 Å². The number of hydrogen-bond acceptors (Lipinski definition) is 2. The summed E-state index contributed by atoms with van der Waals surface area (Å²) in [5, 5.41) is 2.67. The highest BCUT2D eigenvalue weighted by atomic mass is 19.1. The van der Waals surface area contributed by atoms with Gasteiger partial charge in [0.15, 0.2) is 0 Å². The van der Waals surface area contributed by atoms with Crippen LogP contribution in [0.25, 0.3) is 0 Å². The van der Waals surface area contributed by atoms with E-state index in [0.29, 0.717) is 25.2 Å². The Hall–Kier alpha value is -2.17. The van der Waals surface area contributed by atoms with E-state index in [1.54, 1.807) is 11.0 Å². The molecule has 1 rings (SSSR count). The van der Waals surface area contributed by atoms with Crippen LogP contribution in [-0.4, -0.2) is 36.3 Å². The molecule has 1 aromatic rings. The quantitative estimate of drug-likeness (QED) is 0.793. The van der Waals surface area contributed by atoms with Crippen molar-refractivity contribution >= 4 is 11.8 Å². The average molecular weight is 264 g/mol. The summed E-state index contributed by atoms with van der Waals surface area (Å²) in [6.07, 6.45) is 1.63. The zero-order valence-electron chi connectivity index (χ0n) is 10.9. The minimum Gasteiger partial charge on any atom is -0.350 e. The monoisotopic (exact) mass is 264 g/mol. The lowest BCUT2D eigenvalue weighted by Crippen LogP contribution is -2.37. The molecule has 0 heterocycles. The highest BCUT2D eigenvalue weighted by molar-refractivity contribution is 5.94. The van der Waals surface area contributed by atoms with E-state index in [2.05, 4.69) is 11.9 Å². The van der Waals surface area contributed by atoms with Gasteiger partial charge in [-0.2, -0.15) is 0 Å². The van der Waals surface area contributed by atoms with Gasteiger partial charge >= 0.3 is 0 Å². The second-order valence-electron chi connectivity index (χ2n) is 4.02. The maximum absolute atomic E-state index is 12.7. The molecular weight excluding hydrogens is 247 g/mol. The molecule has 0 radical (unpaired) electrons. The van der Waals surface area contributed by atoms with E-state index in [4.69, 9.17) is 0 Å². The van der Waals surface area contributed by atoms with Crippen molar-refractivity contribution in [1.29, 1.82) is 0 Å². The second kappa shape index (κ2) is 7.31. The van der Waals surface area contributed by atoms with E-state index in [9.17, 15) is 14.0 Å². The van der Waals surface area contributed by atoms with E-state index >= 15 is 0 Å². The number of carbonyl (C=O) groups excluding carboxylic acids is 2. The molecule has 0 aliphatic heterocycles. The normalized spacial score (nSPS) is 9.79. The SMILES string of the molecule is C=CCN(CCNC(=O)c1ccc(F)cc1)C(C)=O. The third-order valence-electron chi connectivity index (χ3n) is 2.57. The summed E-state index contributed by atoms with van der Waals surface area (Å²) in [6, 6.07) is 5.29. The molecule has 0 atom stereocenters. The van der Waals surface area contributed by atoms with Crippen LogP contribution in [0.5, 0.6) is 0 Å². The van der Waals surface area contributed by atoms with E-state index in [1.165, 1.54) is 31.2 Å². The van der Waals surface area contributed by atoms with Gasteiger partial charge in [0, 0.05) is 32.1 Å². The number of amides is 2. The van der Waals surface area contributed by atoms with E-state index in [-0.39, 0.29) is 17.6 Å². The van der Waals surface area contributed by atoms with Crippen LogP contribution in [0.3, 0.4) is 0 Å². The van der Waals surface area contributed by atoms with Crippen molar-refractivity contribution in [2.75, 3.05) is 19.6 Å². The van der Waals surface area contributed by atoms with Crippen molar-refractivity contribution < 1.29 is 14.0 Å². The van der Waals surface area contributed by atoms with Crippen LogP contribution in [0.15, 0.2) is 36.9 Å². The Morgan fingerprint density at radius 3 is 2.53 bits per heavy atom. The molecule has 0 fully saturated rings. The lowest BCUT2D eigenvalue weighted by molar-refractivity contribution is -0.128. The van der Waals surface area contributed by atoms with Crippen LogP contribution < -0.4 is 5.32 Å². The first-order valence-electron chi connectivity index (χ1n) is 5.94. The van der Waals surface area contributed by atoms with Crippen molar-refractivity contribution in [1.82, 2.24) is 10.2 Å². The lowest BCUT2D eigenvalue weighted by Gasteiger charge is -2.19. The Morgan fingerprint density at radius 1 is 1.37 bits per heavy atom. The predicted octanol–water partition coefficient (Wildman–Crippen LogP) is 1.59. The van der Waals surface area contributed by atoms with Crippen LogP contribution in [0.4, 0.5) is 4.39 Å². The van der Waals surface area contributed by atoms with Gasteiger partial charge in [-0.1, -0.05) is 6.08 Å². The van der Waals surface area contributed by atoms with Crippen LogP contribution in [-0.2, 0) is 4.79 Å². The summed E-state index contributed by atoms with van der Waals surface area (Å²) in [5.74, 6) is -0.747. The molecule has 0 aromatic heterocycles. The first kappa shape index (κ1) is 14.9. The topological polar surface area (TPSA) is 49.4 Å². The van der Waals surface area contributed by atoms with Crippen LogP contribution >= 0.6 is 0 Å². The van der Waals surface area contributed by atoms with Crippen LogP contribution in [0.2, 0.25) is 0 Å². The number of nitrogens with one attached hydrogen (secondary N) is 1. The molecule has 0 spiro atoms. The van der Waals surface area contributed by atoms with Gasteiger partial charge in [0.05, 0.1) is 0 Å². The Morgan fingerprint density at radius 2 is 2.00 bits per heavy atom. The van der Waals surface area contributed by atoms with Gasteiger partial charge in [0.2, 0.25) is 5.91 Å². The zero-order valence-corrected chi connectivity index (χ0v) is 10.9. The van der Waals surface area contributed by atoms with Gasteiger partial charge in [-0.3, -0.25) is 9.59 Å². The maximum Gasteiger partial charge on any atom is 0.251 e. The van der Waals surface area contributed by atoms with Crippen molar-refractivity contribution in [3.63, 3.8) is 0 Å². The molecule has 1 N–H and O–H groups in total. The van der Waals surface area contributed by atoms with Gasteiger partial charge in [-0.15, -0.1) is 6.58 Å². The highest BCUT2D eigenvalue weighted by Crippen LogP contribution is 2.02. The Kier molecular flexibility index (Phi) is 5.73. The molecule has 4 nitrogen and oxygen atoms in total. The maximum atomic E-state index is 12.7. The molecule has 1 aromatic carbocycles. The van der Waals surface area contributed by atoms with Crippen molar-refractivity contribution in [2.45, 2.75) is 6.92 Å². The molecule has 0 unspecified atom stereocenters. The molecule has 102 valence electrons. The molecule has 19 heavy (non-hydrogen) atoms. The molecule has 0 aliphatic rings. The van der Waals surface area contributed by atoms with Gasteiger partial charge in [-0.25, -0.2) is 4.39 Å². The van der Waals surface area contributed by atoms with E-state index in [0.717, 1.165) is 0 Å². The average Bonchev–Trinajstić information content (AvgIpc) is 2.38. The first-order valence-corrected chi connectivity index (χ1v) is 5.94. The fourth-order valence-corrected chi connectivity index (χ4v) is 1.54. The van der Waals surface area contributed by atoms with Crippen molar-refractivity contribution in [3.05, 3.63) is 48.3 Å². The molecular formula is C14H17FN2O2. The molecule has 5 heteroatoms. The molecule has 0 aliphatic carbocycles. The third kappa shape index (κ3) is 4.91. The second-order valence-corrected chi connectivity index (χ2v) is 4.02. The van der Waals surface area contributed by atoms with E-state index in [1.807, 2.05) is 0 Å². The van der Waals surface area contributed by atoms with Crippen LogP contribution in [0.1, 0.15) is 17.3 Å². The zero-order chi connectivity index (χ0) is 14.3. The number of halogens is 1. The summed E-state index contributed by atoms with van der Waals surface area (Å²) < 4.78 is 12.7. The Balaban J connectivity index is 2.43. The minimum absolute atomic E-state index is 0.0732. The molecule has 0 bridgehead atoms. The highest BCUT2D eigenvalue weighted by Gasteiger charge is 2.08. The fourth-order valence-electron chi connectivity index (χ4n) is 1.54. The molecule has 2 amide bonds. The van der Waals surface area contributed by atoms with Crippen LogP contribution in [0, 0.1) is 5.82 Å². The van der Waals surface area contributed by atoms with Crippen molar-refractivity contribution in [3.8, 4) is 0 Å². The standard InChI is InChI=1S/C14H17FN2O2/c1-3-9-17(11(2)18)10-8-16-14(19)12-4-6-13(15)7-5-12/h3-7H,1,8-10H2,2H3,(H,16,19). The number of carbonyl (C=O) groups is 2. The number of rotatable bonds is 6. The fraction of sp³-hybridized carbons (Fsp3) is 0.286. The van der Waals surface area contributed by atoms with Gasteiger partial charge in [0.1, 0.15) is 5.82 Å². The summed E-state index contributed by atoms with van der Waals surface area (Å²) in [4.78, 5) is 24.5. The van der Waals surface area contributed by atoms with Gasteiger partial charge in [0.25, 0.3) is 5.91 Å². The summed E-state index contributed by atoms with van der Waals surface area (Å²) >= 11 is 0. The minimum atomic E-state index is -0.384. The number of hydrogen-bond donors (Lipinski definition) is 1. The van der Waals surface area contributed by atoms with Gasteiger partial charge in [-0.05, 0) is 24.3 Å². The summed E-state index contributed by atoms with van der Waals surface area (Å²) in [5.41, 5.74) is 0.388. The first-order chi connectivity index (χ1) is 9.04. The predicted molar refractivity (Wildman–Crippen MR) is 71.2 cm³/mol. The number of benzene rings is 1. The summed E-state index contributed by atoms with van der Waals surface area (Å²) in [7, 11) is 0. The molecule has 0 saturated heterocycles. The molecule has 0 saturated carbocycles. The number of nitrogens with zero attached hydrogens (tertiary/aromatic N) is 1. The third-order valence-corrected chi connectivity index (χ3v) is 2.57.